The van der Waals surface area contributed by atoms with Gasteiger partial charge in [-0.05, 0) is 104 Å². The fourth-order valence-electron chi connectivity index (χ4n) is 6.69. The maximum atomic E-state index is 13.7. The summed E-state index contributed by atoms with van der Waals surface area (Å²) in [4.78, 5) is 33.1. The maximum absolute atomic E-state index is 13.7. The van der Waals surface area contributed by atoms with Crippen molar-refractivity contribution in [3.63, 3.8) is 0 Å². The number of pyridine rings is 1. The summed E-state index contributed by atoms with van der Waals surface area (Å²) in [6.45, 7) is 2.02. The molecule has 2 aliphatic heterocycles. The lowest BCUT2D eigenvalue weighted by Gasteiger charge is -2.42. The number of carbonyl (C=O) groups excluding carboxylic acids is 2. The van der Waals surface area contributed by atoms with Gasteiger partial charge in [0.2, 0.25) is 11.8 Å². The second-order valence-corrected chi connectivity index (χ2v) is 11.4. The largest absolute Gasteiger partial charge is 0.508 e. The number of imide groups is 1. The maximum Gasteiger partial charge on any atom is 0.455 e. The highest BCUT2D eigenvalue weighted by molar-refractivity contribution is 6.43. The minimum Gasteiger partial charge on any atom is -0.508 e. The van der Waals surface area contributed by atoms with Gasteiger partial charge in [-0.3, -0.25) is 19.5 Å². The molecular weight excluding hydrogens is 539 g/mol. The van der Waals surface area contributed by atoms with E-state index < -0.39 is 25.1 Å². The molecule has 6 rings (SSSR count). The number of hydrogen-bond acceptors (Lipinski definition) is 6. The van der Waals surface area contributed by atoms with E-state index in [2.05, 4.69) is 4.98 Å². The first kappa shape index (κ1) is 27.5. The number of anilines is 1. The Hall–Kier alpha value is -3.72. The van der Waals surface area contributed by atoms with E-state index in [9.17, 15) is 19.7 Å². The van der Waals surface area contributed by atoms with E-state index in [4.69, 9.17) is 16.3 Å². The first-order valence-electron chi connectivity index (χ1n) is 13.9. The van der Waals surface area contributed by atoms with Gasteiger partial charge in [-0.15, -0.1) is 0 Å². The summed E-state index contributed by atoms with van der Waals surface area (Å²) in [6.07, 6.45) is 5.14. The molecule has 1 aliphatic carbocycles. The third kappa shape index (κ3) is 5.23. The van der Waals surface area contributed by atoms with Crippen molar-refractivity contribution < 1.29 is 24.4 Å². The van der Waals surface area contributed by atoms with Crippen LogP contribution in [0, 0.1) is 17.8 Å². The molecule has 3 aliphatic rings. The third-order valence-electron chi connectivity index (χ3n) is 8.45. The van der Waals surface area contributed by atoms with Gasteiger partial charge in [0.05, 0.1) is 34.3 Å². The average molecular weight is 569 g/mol. The third-order valence-corrected chi connectivity index (χ3v) is 8.78. The number of benzene rings is 2. The summed E-state index contributed by atoms with van der Waals surface area (Å²) in [5.41, 5.74) is 5.12. The van der Waals surface area contributed by atoms with Crippen molar-refractivity contribution in [2.45, 2.75) is 38.6 Å². The van der Waals surface area contributed by atoms with Crippen molar-refractivity contribution in [2.75, 3.05) is 4.90 Å². The highest BCUT2D eigenvalue weighted by Gasteiger charge is 2.57. The summed E-state index contributed by atoms with van der Waals surface area (Å²) in [5, 5.41) is 21.0. The monoisotopic (exact) mass is 568 g/mol. The van der Waals surface area contributed by atoms with Gasteiger partial charge >= 0.3 is 7.12 Å². The molecule has 9 heteroatoms. The van der Waals surface area contributed by atoms with E-state index in [0.717, 1.165) is 28.0 Å². The molecule has 0 spiro atoms. The fourth-order valence-corrected chi connectivity index (χ4v) is 6.92. The topological polar surface area (TPSA) is 100.0 Å². The number of aromatic nitrogens is 1. The molecule has 2 N–H and O–H groups in total. The number of para-hydroxylation sites is 1. The molecule has 0 unspecified atom stereocenters. The van der Waals surface area contributed by atoms with Gasteiger partial charge in [-0.1, -0.05) is 41.4 Å². The molecule has 0 bridgehead atoms. The Kier molecular flexibility index (Phi) is 7.55. The van der Waals surface area contributed by atoms with Crippen LogP contribution in [-0.2, 0) is 14.2 Å². The molecule has 208 valence electrons. The first-order chi connectivity index (χ1) is 19.8. The molecule has 1 aromatic heterocycles. The number of carbonyl (C=O) groups is 2. The zero-order valence-corrected chi connectivity index (χ0v) is 23.4. The quantitative estimate of drug-likeness (QED) is 0.222. The molecule has 2 fully saturated rings. The average Bonchev–Trinajstić information content (AvgIpc) is 3.21. The molecule has 3 heterocycles. The van der Waals surface area contributed by atoms with Gasteiger partial charge in [0, 0.05) is 6.20 Å². The van der Waals surface area contributed by atoms with Crippen LogP contribution in [0.4, 0.5) is 5.69 Å². The Morgan fingerprint density at radius 3 is 2.61 bits per heavy atom. The lowest BCUT2D eigenvalue weighted by atomic mass is 9.58. The Bertz CT molecular complexity index is 1540. The molecule has 7 nitrogen and oxygen atoms in total. The number of fused-ring (bicyclic) bond motifs is 3. The highest BCUT2D eigenvalue weighted by atomic mass is 35.5. The zero-order chi connectivity index (χ0) is 28.7. The van der Waals surface area contributed by atoms with Gasteiger partial charge < -0.3 is 14.8 Å². The van der Waals surface area contributed by atoms with Gasteiger partial charge in [-0.2, -0.15) is 0 Å². The van der Waals surface area contributed by atoms with E-state index in [-0.39, 0.29) is 29.8 Å². The Labute approximate surface area is 244 Å². The number of hydrogen-bond donors (Lipinski definition) is 2. The standard InChI is InChI=1S/C32H30BClN2O5/c1-19-15-24-30(32(39)36(31(24)38)22-7-3-2-4-8-22)25-18-33(40)41-28(29(19)25)13-11-21(27-9-5-6-14-35-27)16-20-10-12-23(37)17-26(20)34/h2-10,12,14,16-17,24-25,28,30,37,40H,11,13,15,18H2,1H3/b21-16-/t24-,25+,28-,30-/m1/s1. The number of phenols is 1. The number of amides is 2. The predicted octanol–water partition coefficient (Wildman–Crippen LogP) is 5.78. The molecule has 2 amide bonds. The van der Waals surface area contributed by atoms with E-state index in [1.807, 2.05) is 49.4 Å². The lowest BCUT2D eigenvalue weighted by molar-refractivity contribution is -0.122. The van der Waals surface area contributed by atoms with Gasteiger partial charge in [0.1, 0.15) is 5.75 Å². The van der Waals surface area contributed by atoms with E-state index >= 15 is 0 Å². The van der Waals surface area contributed by atoms with Crippen molar-refractivity contribution >= 4 is 47.9 Å². The Morgan fingerprint density at radius 2 is 1.88 bits per heavy atom. The first-order valence-corrected chi connectivity index (χ1v) is 14.3. The Morgan fingerprint density at radius 1 is 1.10 bits per heavy atom. The smallest absolute Gasteiger partial charge is 0.455 e. The van der Waals surface area contributed by atoms with Crippen LogP contribution in [0.3, 0.4) is 0 Å². The number of rotatable bonds is 6. The normalized spacial score (nSPS) is 24.5. The number of aromatic hydroxyl groups is 1. The molecular formula is C32H30BClN2O5. The lowest BCUT2D eigenvalue weighted by Crippen LogP contribution is -2.46. The number of allylic oxidation sites excluding steroid dienone is 2. The SMILES string of the molecule is CC1=C2[C@@H](CC/C(=C/c3ccc(O)cc3Cl)c3ccccn3)OB(O)C[C@@H]2[C@@H]2C(=O)N(c3ccccc3)C(=O)[C@@H]2C1. The van der Waals surface area contributed by atoms with Crippen molar-refractivity contribution in [1.82, 2.24) is 4.98 Å². The van der Waals surface area contributed by atoms with Crippen molar-refractivity contribution in [2.24, 2.45) is 17.8 Å². The molecule has 2 aromatic carbocycles. The summed E-state index contributed by atoms with van der Waals surface area (Å²) >= 11 is 6.42. The zero-order valence-electron chi connectivity index (χ0n) is 22.6. The second kappa shape index (κ2) is 11.3. The van der Waals surface area contributed by atoms with Gasteiger partial charge in [-0.25, -0.2) is 0 Å². The number of nitrogens with zero attached hydrogens (tertiary/aromatic N) is 2. The number of phenolic OH excluding ortho intramolecular Hbond substituents is 1. The van der Waals surface area contributed by atoms with Crippen LogP contribution in [0.1, 0.15) is 37.4 Å². The van der Waals surface area contributed by atoms with Crippen molar-refractivity contribution in [3.05, 3.63) is 100 Å². The van der Waals surface area contributed by atoms with Crippen LogP contribution in [0.2, 0.25) is 11.3 Å². The predicted molar refractivity (Wildman–Crippen MR) is 159 cm³/mol. The van der Waals surface area contributed by atoms with Crippen molar-refractivity contribution in [3.8, 4) is 5.75 Å². The fraction of sp³-hybridized carbons (Fsp3) is 0.281. The summed E-state index contributed by atoms with van der Waals surface area (Å²) in [7, 11) is -1.04. The minimum absolute atomic E-state index is 0.0888. The van der Waals surface area contributed by atoms with Crippen LogP contribution in [-0.4, -0.2) is 40.2 Å². The molecule has 0 radical (unpaired) electrons. The van der Waals surface area contributed by atoms with Gasteiger partial charge in [0.15, 0.2) is 0 Å². The van der Waals surface area contributed by atoms with Crippen LogP contribution < -0.4 is 4.90 Å². The van der Waals surface area contributed by atoms with Crippen LogP contribution >= 0.6 is 11.6 Å². The van der Waals surface area contributed by atoms with Crippen LogP contribution in [0.15, 0.2) is 84.1 Å². The number of halogens is 1. The summed E-state index contributed by atoms with van der Waals surface area (Å²) in [5.74, 6) is -1.53. The van der Waals surface area contributed by atoms with Gasteiger partial charge in [0.25, 0.3) is 0 Å². The van der Waals surface area contributed by atoms with E-state index in [0.29, 0.717) is 30.0 Å². The molecule has 3 aromatic rings. The molecule has 2 saturated heterocycles. The van der Waals surface area contributed by atoms with E-state index in [1.54, 1.807) is 30.5 Å². The molecule has 41 heavy (non-hydrogen) atoms. The second-order valence-electron chi connectivity index (χ2n) is 11.0. The molecule has 0 saturated carbocycles. The highest BCUT2D eigenvalue weighted by Crippen LogP contribution is 2.51. The summed E-state index contributed by atoms with van der Waals surface area (Å²) in [6, 6.07) is 19.6. The van der Waals surface area contributed by atoms with Crippen molar-refractivity contribution in [1.29, 1.82) is 0 Å². The molecule has 4 atom stereocenters. The van der Waals surface area contributed by atoms with Crippen LogP contribution in [0.25, 0.3) is 11.6 Å². The minimum atomic E-state index is -1.04. The summed E-state index contributed by atoms with van der Waals surface area (Å²) < 4.78 is 6.11. The van der Waals surface area contributed by atoms with E-state index in [1.165, 1.54) is 11.0 Å². The Balaban J connectivity index is 1.30. The van der Waals surface area contributed by atoms with Crippen LogP contribution in [0.5, 0.6) is 5.75 Å².